The monoisotopic (exact) mass is 400 g/mol. The van der Waals surface area contributed by atoms with Gasteiger partial charge in [0, 0.05) is 29.3 Å². The average Bonchev–Trinajstić information content (AvgIpc) is 3.01. The number of anilines is 1. The highest BCUT2D eigenvalue weighted by Gasteiger charge is 2.18. The third-order valence-corrected chi connectivity index (χ3v) is 5.61. The minimum absolute atomic E-state index is 0.270. The van der Waals surface area contributed by atoms with Gasteiger partial charge in [-0.3, -0.25) is 9.12 Å². The first-order valence-electron chi connectivity index (χ1n) is 8.23. The van der Waals surface area contributed by atoms with E-state index in [2.05, 4.69) is 14.7 Å². The Labute approximate surface area is 159 Å². The van der Waals surface area contributed by atoms with Crippen LogP contribution in [0.2, 0.25) is 0 Å². The van der Waals surface area contributed by atoms with E-state index in [0.717, 1.165) is 17.8 Å². The molecule has 4 rings (SSSR count). The van der Waals surface area contributed by atoms with Crippen molar-refractivity contribution in [2.75, 3.05) is 4.72 Å². The Morgan fingerprint density at radius 1 is 1.04 bits per heavy atom. The van der Waals surface area contributed by atoms with Gasteiger partial charge >= 0.3 is 0 Å². The highest BCUT2D eigenvalue weighted by atomic mass is 32.2. The zero-order valence-electron chi connectivity index (χ0n) is 14.6. The molecule has 0 unspecified atom stereocenters. The lowest BCUT2D eigenvalue weighted by atomic mass is 10.1. The zero-order valence-corrected chi connectivity index (χ0v) is 15.4. The molecule has 0 bridgehead atoms. The fraction of sp³-hybridized carbons (Fsp3) is 0.0526. The van der Waals surface area contributed by atoms with Crippen LogP contribution in [-0.4, -0.2) is 22.8 Å². The lowest BCUT2D eigenvalue weighted by Gasteiger charge is -2.09. The molecule has 0 aliphatic carbocycles. The summed E-state index contributed by atoms with van der Waals surface area (Å²) in [5.74, 6) is -1.82. The molecule has 6 nitrogen and oxygen atoms in total. The van der Waals surface area contributed by atoms with Gasteiger partial charge in [0.05, 0.1) is 10.6 Å². The van der Waals surface area contributed by atoms with Crippen molar-refractivity contribution in [2.45, 2.75) is 11.8 Å². The summed E-state index contributed by atoms with van der Waals surface area (Å²) in [5, 5.41) is 0. The van der Waals surface area contributed by atoms with Crippen LogP contribution >= 0.6 is 0 Å². The minimum Gasteiger partial charge on any atom is -0.288 e. The number of hydrogen-bond donors (Lipinski definition) is 1. The normalized spacial score (nSPS) is 11.7. The van der Waals surface area contributed by atoms with Crippen molar-refractivity contribution >= 4 is 21.5 Å². The summed E-state index contributed by atoms with van der Waals surface area (Å²) in [5.41, 5.74) is 2.47. The first-order valence-corrected chi connectivity index (χ1v) is 9.71. The Hall–Kier alpha value is -3.33. The number of fused-ring (bicyclic) bond motifs is 1. The largest absolute Gasteiger partial charge is 0.288 e. The highest BCUT2D eigenvalue weighted by Crippen LogP contribution is 2.27. The molecule has 0 atom stereocenters. The summed E-state index contributed by atoms with van der Waals surface area (Å²) in [6.45, 7) is 1.88. The summed E-state index contributed by atoms with van der Waals surface area (Å²) in [6, 6.07) is 10.9. The Balaban J connectivity index is 1.70. The van der Waals surface area contributed by atoms with Gasteiger partial charge in [-0.2, -0.15) is 0 Å². The Kier molecular flexibility index (Phi) is 4.31. The van der Waals surface area contributed by atoms with Crippen LogP contribution in [0.25, 0.3) is 17.0 Å². The van der Waals surface area contributed by atoms with Crippen molar-refractivity contribution in [1.82, 2.24) is 14.4 Å². The Morgan fingerprint density at radius 2 is 1.86 bits per heavy atom. The van der Waals surface area contributed by atoms with E-state index in [-0.39, 0.29) is 10.6 Å². The number of nitrogens with zero attached hydrogens (tertiary/aromatic N) is 3. The number of rotatable bonds is 4. The predicted octanol–water partition coefficient (Wildman–Crippen LogP) is 3.78. The number of benzene rings is 2. The molecular formula is C19H14F2N4O2S. The van der Waals surface area contributed by atoms with Gasteiger partial charge in [0.1, 0.15) is 0 Å². The Bertz CT molecular complexity index is 1300. The molecular weight excluding hydrogens is 386 g/mol. The predicted molar refractivity (Wildman–Crippen MR) is 100 cm³/mol. The first kappa shape index (κ1) is 18.1. The maximum Gasteiger partial charge on any atom is 0.261 e. The maximum atomic E-state index is 13.4. The van der Waals surface area contributed by atoms with Crippen LogP contribution in [-0.2, 0) is 10.0 Å². The topological polar surface area (TPSA) is 76.4 Å². The molecule has 2 aromatic carbocycles. The number of aromatic nitrogens is 3. The minimum atomic E-state index is -4.08. The molecule has 9 heteroatoms. The quantitative estimate of drug-likeness (QED) is 0.566. The number of hydrogen-bond acceptors (Lipinski definition) is 4. The molecule has 2 heterocycles. The van der Waals surface area contributed by atoms with Crippen molar-refractivity contribution in [3.05, 3.63) is 78.3 Å². The van der Waals surface area contributed by atoms with Crippen molar-refractivity contribution in [3.8, 4) is 11.3 Å². The SMILES string of the molecule is Cc1c(-c2cccc(NS(=O)(=O)c3ccc(F)c(F)c3)c2)nc2ncccn12. The van der Waals surface area contributed by atoms with Crippen LogP contribution in [0.5, 0.6) is 0 Å². The van der Waals surface area contributed by atoms with Crippen molar-refractivity contribution in [1.29, 1.82) is 0 Å². The lowest BCUT2D eigenvalue weighted by molar-refractivity contribution is 0.504. The third kappa shape index (κ3) is 3.20. The van der Waals surface area contributed by atoms with Gasteiger partial charge in [0.25, 0.3) is 10.0 Å². The van der Waals surface area contributed by atoms with Crippen LogP contribution in [0.4, 0.5) is 14.5 Å². The number of imidazole rings is 1. The molecule has 142 valence electrons. The maximum absolute atomic E-state index is 13.4. The van der Waals surface area contributed by atoms with Crippen molar-refractivity contribution in [3.63, 3.8) is 0 Å². The zero-order chi connectivity index (χ0) is 19.9. The molecule has 1 N–H and O–H groups in total. The lowest BCUT2D eigenvalue weighted by Crippen LogP contribution is -2.13. The van der Waals surface area contributed by atoms with E-state index in [0.29, 0.717) is 23.1 Å². The molecule has 0 saturated heterocycles. The van der Waals surface area contributed by atoms with Crippen molar-refractivity contribution in [2.24, 2.45) is 0 Å². The molecule has 0 fully saturated rings. The van der Waals surface area contributed by atoms with Crippen LogP contribution < -0.4 is 4.72 Å². The van der Waals surface area contributed by atoms with Crippen LogP contribution in [0.3, 0.4) is 0 Å². The van der Waals surface area contributed by atoms with Crippen molar-refractivity contribution < 1.29 is 17.2 Å². The molecule has 0 spiro atoms. The van der Waals surface area contributed by atoms with Gasteiger partial charge in [0.2, 0.25) is 5.78 Å². The second kappa shape index (κ2) is 6.68. The number of sulfonamides is 1. The number of aryl methyl sites for hydroxylation is 1. The second-order valence-electron chi connectivity index (χ2n) is 6.10. The highest BCUT2D eigenvalue weighted by molar-refractivity contribution is 7.92. The van der Waals surface area contributed by atoms with Gasteiger partial charge < -0.3 is 0 Å². The average molecular weight is 400 g/mol. The van der Waals surface area contributed by atoms with Gasteiger partial charge in [-0.05, 0) is 43.3 Å². The van der Waals surface area contributed by atoms with E-state index in [4.69, 9.17) is 0 Å². The molecule has 0 aliphatic rings. The fourth-order valence-electron chi connectivity index (χ4n) is 2.86. The summed E-state index contributed by atoms with van der Waals surface area (Å²) >= 11 is 0. The van der Waals surface area contributed by atoms with Gasteiger partial charge in [0.15, 0.2) is 11.6 Å². The first-order chi connectivity index (χ1) is 13.3. The molecule has 0 aliphatic heterocycles. The summed E-state index contributed by atoms with van der Waals surface area (Å²) in [7, 11) is -4.08. The van der Waals surface area contributed by atoms with Crippen LogP contribution in [0.1, 0.15) is 5.69 Å². The number of nitrogens with one attached hydrogen (secondary N) is 1. The van der Waals surface area contributed by atoms with Crippen LogP contribution in [0, 0.1) is 18.6 Å². The molecule has 0 radical (unpaired) electrons. The van der Waals surface area contributed by atoms with E-state index < -0.39 is 21.7 Å². The van der Waals surface area contributed by atoms with Gasteiger partial charge in [-0.15, -0.1) is 0 Å². The van der Waals surface area contributed by atoms with Gasteiger partial charge in [-0.25, -0.2) is 27.2 Å². The van der Waals surface area contributed by atoms with Gasteiger partial charge in [-0.1, -0.05) is 12.1 Å². The molecule has 2 aromatic heterocycles. The fourth-order valence-corrected chi connectivity index (χ4v) is 3.93. The Morgan fingerprint density at radius 3 is 2.61 bits per heavy atom. The number of halogens is 2. The van der Waals surface area contributed by atoms with E-state index >= 15 is 0 Å². The molecule has 0 saturated carbocycles. The molecule has 4 aromatic rings. The van der Waals surface area contributed by atoms with E-state index in [1.54, 1.807) is 36.5 Å². The smallest absolute Gasteiger partial charge is 0.261 e. The molecule has 0 amide bonds. The van der Waals surface area contributed by atoms with E-state index in [1.165, 1.54) is 0 Å². The van der Waals surface area contributed by atoms with E-state index in [9.17, 15) is 17.2 Å². The third-order valence-electron chi connectivity index (χ3n) is 4.23. The second-order valence-corrected chi connectivity index (χ2v) is 7.78. The van der Waals surface area contributed by atoms with E-state index in [1.807, 2.05) is 17.5 Å². The molecule has 28 heavy (non-hydrogen) atoms. The summed E-state index contributed by atoms with van der Waals surface area (Å²) in [4.78, 5) is 8.31. The van der Waals surface area contributed by atoms with Crippen LogP contribution in [0.15, 0.2) is 65.8 Å². The summed E-state index contributed by atoms with van der Waals surface area (Å²) < 4.78 is 55.7. The standard InChI is InChI=1S/C19H14F2N4O2S/c1-12-18(23-19-22-8-3-9-25(12)19)13-4-2-5-14(10-13)24-28(26,27)15-6-7-16(20)17(21)11-15/h2-11,24H,1H3. The summed E-state index contributed by atoms with van der Waals surface area (Å²) in [6.07, 6.45) is 3.47.